The predicted molar refractivity (Wildman–Crippen MR) is 59.9 cm³/mol. The van der Waals surface area contributed by atoms with Crippen LogP contribution in [0, 0.1) is 5.92 Å². The molecule has 1 heterocycles. The van der Waals surface area contributed by atoms with E-state index in [1.54, 1.807) is 0 Å². The Kier molecular flexibility index (Phi) is 3.64. The first kappa shape index (κ1) is 13.4. The number of ether oxygens (including phenoxy) is 1. The molecule has 18 heavy (non-hydrogen) atoms. The molecule has 1 aromatic carbocycles. The monoisotopic (exact) mass is 260 g/mol. The van der Waals surface area contributed by atoms with E-state index in [0.29, 0.717) is 12.2 Å². The molecule has 3 atom stereocenters. The molecule has 1 aliphatic rings. The van der Waals surface area contributed by atoms with Gasteiger partial charge in [0.25, 0.3) is 0 Å². The topological polar surface area (TPSA) is 29.5 Å². The van der Waals surface area contributed by atoms with Crippen molar-refractivity contribution in [1.29, 1.82) is 0 Å². The molecule has 0 radical (unpaired) electrons. The molecule has 100 valence electrons. The predicted octanol–water partition coefficient (Wildman–Crippen LogP) is 3.16. The van der Waals surface area contributed by atoms with Gasteiger partial charge in [-0.2, -0.15) is 13.2 Å². The Balaban J connectivity index is 2.14. The average molecular weight is 260 g/mol. The molecule has 0 bridgehead atoms. The van der Waals surface area contributed by atoms with E-state index < -0.39 is 17.8 Å². The summed E-state index contributed by atoms with van der Waals surface area (Å²) in [6, 6.07) is 4.66. The van der Waals surface area contributed by atoms with E-state index in [-0.39, 0.29) is 12.0 Å². The molecule has 1 aromatic rings. The first-order valence-corrected chi connectivity index (χ1v) is 5.86. The van der Waals surface area contributed by atoms with Crippen molar-refractivity contribution in [2.45, 2.75) is 31.7 Å². The molecule has 2 rings (SSSR count). The molecule has 1 N–H and O–H groups in total. The Morgan fingerprint density at radius 1 is 1.28 bits per heavy atom. The molecule has 0 amide bonds. The zero-order valence-corrected chi connectivity index (χ0v) is 9.95. The van der Waals surface area contributed by atoms with E-state index in [4.69, 9.17) is 4.74 Å². The summed E-state index contributed by atoms with van der Waals surface area (Å²) in [7, 11) is 0. The van der Waals surface area contributed by atoms with Gasteiger partial charge in [0.05, 0.1) is 17.8 Å². The third kappa shape index (κ3) is 2.67. The van der Waals surface area contributed by atoms with Gasteiger partial charge in [-0.15, -0.1) is 0 Å². The van der Waals surface area contributed by atoms with Crippen LogP contribution in [-0.2, 0) is 10.9 Å². The first-order chi connectivity index (χ1) is 8.39. The number of benzene rings is 1. The van der Waals surface area contributed by atoms with Gasteiger partial charge in [0, 0.05) is 12.5 Å². The van der Waals surface area contributed by atoms with Crippen LogP contribution >= 0.6 is 0 Å². The van der Waals surface area contributed by atoms with Gasteiger partial charge in [-0.1, -0.05) is 12.1 Å². The zero-order chi connectivity index (χ0) is 13.3. The summed E-state index contributed by atoms with van der Waals surface area (Å²) in [5.41, 5.74) is -0.195. The average Bonchev–Trinajstić information content (AvgIpc) is 2.73. The Hall–Kier alpha value is -1.07. The number of halogens is 3. The lowest BCUT2D eigenvalue weighted by molar-refractivity contribution is -0.137. The fourth-order valence-electron chi connectivity index (χ4n) is 2.28. The summed E-state index contributed by atoms with van der Waals surface area (Å²) in [5.74, 6) is -0.0539. The smallest absolute Gasteiger partial charge is 0.388 e. The van der Waals surface area contributed by atoms with Gasteiger partial charge in [0.2, 0.25) is 0 Å². The second-order valence-corrected chi connectivity index (χ2v) is 4.59. The van der Waals surface area contributed by atoms with Crippen molar-refractivity contribution < 1.29 is 23.0 Å². The standard InChI is InChI=1S/C13H15F3O2/c1-8-11(6-7-18-8)12(17)9-2-4-10(5-3-9)13(14,15)16/h2-5,8,11-12,17H,6-7H2,1H3. The van der Waals surface area contributed by atoms with E-state index in [1.165, 1.54) is 12.1 Å². The minimum absolute atomic E-state index is 0.0539. The normalized spacial score (nSPS) is 26.3. The van der Waals surface area contributed by atoms with E-state index in [1.807, 2.05) is 6.92 Å². The third-order valence-corrected chi connectivity index (χ3v) is 3.42. The fourth-order valence-corrected chi connectivity index (χ4v) is 2.28. The molecule has 0 aromatic heterocycles. The van der Waals surface area contributed by atoms with E-state index in [2.05, 4.69) is 0 Å². The second-order valence-electron chi connectivity index (χ2n) is 4.59. The van der Waals surface area contributed by atoms with Gasteiger partial charge >= 0.3 is 6.18 Å². The van der Waals surface area contributed by atoms with Crippen LogP contribution in [0.4, 0.5) is 13.2 Å². The molecule has 0 aliphatic carbocycles. The molecule has 1 fully saturated rings. The maximum atomic E-state index is 12.4. The van der Waals surface area contributed by atoms with Crippen molar-refractivity contribution in [2.75, 3.05) is 6.61 Å². The lowest BCUT2D eigenvalue weighted by atomic mass is 9.90. The Bertz CT molecular complexity index is 400. The SMILES string of the molecule is CC1OCCC1C(O)c1ccc(C(F)(F)F)cc1. The van der Waals surface area contributed by atoms with Crippen molar-refractivity contribution in [2.24, 2.45) is 5.92 Å². The van der Waals surface area contributed by atoms with Crippen LogP contribution in [0.5, 0.6) is 0 Å². The molecule has 0 saturated carbocycles. The molecule has 0 spiro atoms. The van der Waals surface area contributed by atoms with E-state index in [9.17, 15) is 18.3 Å². The van der Waals surface area contributed by atoms with Gasteiger partial charge < -0.3 is 9.84 Å². The molecule has 3 unspecified atom stereocenters. The minimum atomic E-state index is -4.34. The maximum absolute atomic E-state index is 12.4. The summed E-state index contributed by atoms with van der Waals surface area (Å²) in [6.45, 7) is 2.45. The van der Waals surface area contributed by atoms with Crippen LogP contribution in [0.3, 0.4) is 0 Å². The van der Waals surface area contributed by atoms with Crippen molar-refractivity contribution in [3.63, 3.8) is 0 Å². The molecule has 1 aliphatic heterocycles. The number of alkyl halides is 3. The highest BCUT2D eigenvalue weighted by Crippen LogP contribution is 2.35. The minimum Gasteiger partial charge on any atom is -0.388 e. The van der Waals surface area contributed by atoms with Crippen LogP contribution in [-0.4, -0.2) is 17.8 Å². The number of aliphatic hydroxyl groups is 1. The van der Waals surface area contributed by atoms with Gasteiger partial charge in [-0.3, -0.25) is 0 Å². The van der Waals surface area contributed by atoms with Crippen molar-refractivity contribution in [3.8, 4) is 0 Å². The van der Waals surface area contributed by atoms with Crippen LogP contribution < -0.4 is 0 Å². The number of rotatable bonds is 2. The van der Waals surface area contributed by atoms with Gasteiger partial charge in [0.1, 0.15) is 0 Å². The highest BCUT2D eigenvalue weighted by Gasteiger charge is 2.33. The van der Waals surface area contributed by atoms with E-state index >= 15 is 0 Å². The highest BCUT2D eigenvalue weighted by molar-refractivity contribution is 5.26. The third-order valence-electron chi connectivity index (χ3n) is 3.42. The number of aliphatic hydroxyl groups excluding tert-OH is 1. The summed E-state index contributed by atoms with van der Waals surface area (Å²) in [5, 5.41) is 10.1. The summed E-state index contributed by atoms with van der Waals surface area (Å²) >= 11 is 0. The van der Waals surface area contributed by atoms with Gasteiger partial charge in [-0.05, 0) is 31.0 Å². The maximum Gasteiger partial charge on any atom is 0.416 e. The highest BCUT2D eigenvalue weighted by atomic mass is 19.4. The van der Waals surface area contributed by atoms with Crippen LogP contribution in [0.15, 0.2) is 24.3 Å². The first-order valence-electron chi connectivity index (χ1n) is 5.86. The second kappa shape index (κ2) is 4.90. The molecule has 1 saturated heterocycles. The molecular weight excluding hydrogens is 245 g/mol. The van der Waals surface area contributed by atoms with Crippen LogP contribution in [0.1, 0.15) is 30.6 Å². The zero-order valence-electron chi connectivity index (χ0n) is 9.95. The molecule has 2 nitrogen and oxygen atoms in total. The summed E-state index contributed by atoms with van der Waals surface area (Å²) in [4.78, 5) is 0. The largest absolute Gasteiger partial charge is 0.416 e. The Morgan fingerprint density at radius 3 is 2.33 bits per heavy atom. The van der Waals surface area contributed by atoms with Crippen molar-refractivity contribution >= 4 is 0 Å². The Morgan fingerprint density at radius 2 is 1.89 bits per heavy atom. The van der Waals surface area contributed by atoms with Gasteiger partial charge in [-0.25, -0.2) is 0 Å². The Labute approximate surface area is 103 Å². The number of hydrogen-bond donors (Lipinski definition) is 1. The van der Waals surface area contributed by atoms with E-state index in [0.717, 1.165) is 18.6 Å². The lowest BCUT2D eigenvalue weighted by Gasteiger charge is -2.21. The lowest BCUT2D eigenvalue weighted by Crippen LogP contribution is -2.19. The van der Waals surface area contributed by atoms with Crippen LogP contribution in [0.25, 0.3) is 0 Å². The fraction of sp³-hybridized carbons (Fsp3) is 0.538. The van der Waals surface area contributed by atoms with Crippen molar-refractivity contribution in [1.82, 2.24) is 0 Å². The summed E-state index contributed by atoms with van der Waals surface area (Å²) < 4.78 is 42.5. The molecule has 5 heteroatoms. The summed E-state index contributed by atoms with van der Waals surface area (Å²) in [6.07, 6.45) is -4.46. The number of hydrogen-bond acceptors (Lipinski definition) is 2. The molecular formula is C13H15F3O2. The van der Waals surface area contributed by atoms with Gasteiger partial charge in [0.15, 0.2) is 0 Å². The van der Waals surface area contributed by atoms with Crippen LogP contribution in [0.2, 0.25) is 0 Å². The quantitative estimate of drug-likeness (QED) is 0.885. The van der Waals surface area contributed by atoms with Crippen molar-refractivity contribution in [3.05, 3.63) is 35.4 Å².